The van der Waals surface area contributed by atoms with E-state index >= 15 is 0 Å². The summed E-state index contributed by atoms with van der Waals surface area (Å²) in [4.78, 5) is 13.5. The Balaban J connectivity index is 1.74. The number of aryl methyl sites for hydroxylation is 1. The Morgan fingerprint density at radius 1 is 1.27 bits per heavy atom. The summed E-state index contributed by atoms with van der Waals surface area (Å²) in [6.45, 7) is 1.87. The van der Waals surface area contributed by atoms with Gasteiger partial charge in [-0.2, -0.15) is 0 Å². The highest BCUT2D eigenvalue weighted by Crippen LogP contribution is 2.29. The van der Waals surface area contributed by atoms with Crippen LogP contribution in [0.2, 0.25) is 5.02 Å². The zero-order chi connectivity index (χ0) is 18.5. The van der Waals surface area contributed by atoms with Gasteiger partial charge in [-0.1, -0.05) is 28.9 Å². The zero-order valence-corrected chi connectivity index (χ0v) is 15.9. The van der Waals surface area contributed by atoms with Crippen molar-refractivity contribution in [3.63, 3.8) is 0 Å². The number of thioether (sulfide) groups is 1. The van der Waals surface area contributed by atoms with E-state index in [0.717, 1.165) is 16.3 Å². The number of amides is 1. The molecule has 134 valence electrons. The van der Waals surface area contributed by atoms with Gasteiger partial charge in [0.05, 0.1) is 29.1 Å². The second-order valence-corrected chi connectivity index (χ2v) is 6.95. The Morgan fingerprint density at radius 2 is 2.08 bits per heavy atom. The lowest BCUT2D eigenvalue weighted by Gasteiger charge is -2.10. The summed E-state index contributed by atoms with van der Waals surface area (Å²) in [6.07, 6.45) is 0. The number of hydrogen-bond donors (Lipinski definition) is 1. The number of ether oxygens (including phenoxy) is 1. The Hall–Kier alpha value is -2.44. The van der Waals surface area contributed by atoms with E-state index in [2.05, 4.69) is 10.5 Å². The number of methoxy groups -OCH3 is 1. The Bertz CT molecular complexity index is 927. The maximum Gasteiger partial charge on any atom is 0.256 e. The fraction of sp³-hybridized carbons (Fsp3) is 0.158. The fourth-order valence-electron chi connectivity index (χ4n) is 2.36. The lowest BCUT2D eigenvalue weighted by Crippen LogP contribution is -2.13. The minimum Gasteiger partial charge on any atom is -0.495 e. The van der Waals surface area contributed by atoms with Gasteiger partial charge in [-0.05, 0) is 37.3 Å². The lowest BCUT2D eigenvalue weighted by molar-refractivity contribution is 0.102. The van der Waals surface area contributed by atoms with Gasteiger partial charge < -0.3 is 14.6 Å². The molecule has 1 heterocycles. The van der Waals surface area contributed by atoms with Gasteiger partial charge in [0.25, 0.3) is 5.91 Å². The van der Waals surface area contributed by atoms with E-state index in [1.54, 1.807) is 31.4 Å². The van der Waals surface area contributed by atoms with Crippen molar-refractivity contribution in [1.82, 2.24) is 5.16 Å². The third-order valence-corrected chi connectivity index (χ3v) is 4.98. The third-order valence-electron chi connectivity index (χ3n) is 3.59. The zero-order valence-electron chi connectivity index (χ0n) is 14.3. The highest BCUT2D eigenvalue weighted by atomic mass is 35.5. The van der Waals surface area contributed by atoms with Crippen molar-refractivity contribution in [3.05, 3.63) is 70.6 Å². The van der Waals surface area contributed by atoms with Gasteiger partial charge in [-0.25, -0.2) is 0 Å². The molecule has 2 aromatic carbocycles. The summed E-state index contributed by atoms with van der Waals surface area (Å²) in [5.74, 6) is 1.72. The second-order valence-electron chi connectivity index (χ2n) is 5.52. The number of rotatable bonds is 6. The molecule has 1 aromatic heterocycles. The number of nitrogens with zero attached hydrogens (tertiary/aromatic N) is 1. The number of carbonyl (C=O) groups is 1. The molecule has 0 aliphatic rings. The smallest absolute Gasteiger partial charge is 0.256 e. The molecular formula is C19H17ClN2O3S. The number of halogens is 1. The largest absolute Gasteiger partial charge is 0.495 e. The maximum absolute atomic E-state index is 12.7. The van der Waals surface area contributed by atoms with Crippen LogP contribution in [0.1, 0.15) is 21.8 Å². The summed E-state index contributed by atoms with van der Waals surface area (Å²) in [5, 5.41) is 7.18. The SMILES string of the molecule is COc1ccc(NC(=O)c2ccccc2SCc2cc(C)no2)cc1Cl. The van der Waals surface area contributed by atoms with Gasteiger partial charge in [-0.3, -0.25) is 4.79 Å². The quantitative estimate of drug-likeness (QED) is 0.588. The highest BCUT2D eigenvalue weighted by Gasteiger charge is 2.13. The molecule has 0 saturated heterocycles. The first-order chi connectivity index (χ1) is 12.6. The molecule has 1 amide bonds. The first kappa shape index (κ1) is 18.4. The first-order valence-corrected chi connectivity index (χ1v) is 9.22. The molecule has 3 aromatic rings. The predicted octanol–water partition coefficient (Wildman–Crippen LogP) is 5.19. The predicted molar refractivity (Wildman–Crippen MR) is 103 cm³/mol. The van der Waals surface area contributed by atoms with Crippen molar-refractivity contribution in [2.45, 2.75) is 17.6 Å². The standard InChI is InChI=1S/C19H17ClN2O3S/c1-12-9-14(25-22-12)11-26-18-6-4-3-5-15(18)19(23)21-13-7-8-17(24-2)16(20)10-13/h3-10H,11H2,1-2H3,(H,21,23). The molecule has 7 heteroatoms. The summed E-state index contributed by atoms with van der Waals surface area (Å²) in [6, 6.07) is 14.4. The molecule has 0 radical (unpaired) electrons. The van der Waals surface area contributed by atoms with Gasteiger partial charge in [0.2, 0.25) is 0 Å². The maximum atomic E-state index is 12.7. The minimum absolute atomic E-state index is 0.205. The molecule has 0 saturated carbocycles. The van der Waals surface area contributed by atoms with Crippen molar-refractivity contribution in [2.75, 3.05) is 12.4 Å². The Morgan fingerprint density at radius 3 is 2.77 bits per heavy atom. The average Bonchev–Trinajstić information content (AvgIpc) is 3.05. The summed E-state index contributed by atoms with van der Waals surface area (Å²) >= 11 is 7.63. The fourth-order valence-corrected chi connectivity index (χ4v) is 3.54. The van der Waals surface area contributed by atoms with Crippen LogP contribution >= 0.6 is 23.4 Å². The summed E-state index contributed by atoms with van der Waals surface area (Å²) in [7, 11) is 1.54. The molecule has 0 aliphatic carbocycles. The number of anilines is 1. The van der Waals surface area contributed by atoms with Crippen LogP contribution in [-0.2, 0) is 5.75 Å². The van der Waals surface area contributed by atoms with Crippen LogP contribution in [0, 0.1) is 6.92 Å². The number of hydrogen-bond acceptors (Lipinski definition) is 5. The van der Waals surface area contributed by atoms with Crippen molar-refractivity contribution >= 4 is 35.0 Å². The monoisotopic (exact) mass is 388 g/mol. The molecule has 3 rings (SSSR count). The topological polar surface area (TPSA) is 64.4 Å². The van der Waals surface area contributed by atoms with Crippen LogP contribution < -0.4 is 10.1 Å². The van der Waals surface area contributed by atoms with Crippen LogP contribution in [-0.4, -0.2) is 18.2 Å². The van der Waals surface area contributed by atoms with Crippen LogP contribution in [0.5, 0.6) is 5.75 Å². The molecule has 0 fully saturated rings. The Labute approximate surface area is 160 Å². The first-order valence-electron chi connectivity index (χ1n) is 7.85. The van der Waals surface area contributed by atoms with E-state index in [9.17, 15) is 4.79 Å². The van der Waals surface area contributed by atoms with Gasteiger partial charge in [0.15, 0.2) is 0 Å². The van der Waals surface area contributed by atoms with Crippen molar-refractivity contribution in [1.29, 1.82) is 0 Å². The molecule has 0 aliphatic heterocycles. The number of benzene rings is 2. The van der Waals surface area contributed by atoms with E-state index in [0.29, 0.717) is 27.8 Å². The molecular weight excluding hydrogens is 372 g/mol. The molecule has 0 unspecified atom stereocenters. The van der Waals surface area contributed by atoms with Gasteiger partial charge in [0, 0.05) is 16.6 Å². The highest BCUT2D eigenvalue weighted by molar-refractivity contribution is 7.98. The molecule has 5 nitrogen and oxygen atoms in total. The molecule has 0 bridgehead atoms. The van der Waals surface area contributed by atoms with Gasteiger partial charge in [0.1, 0.15) is 11.5 Å². The molecule has 0 spiro atoms. The van der Waals surface area contributed by atoms with E-state index in [4.69, 9.17) is 20.9 Å². The van der Waals surface area contributed by atoms with Crippen molar-refractivity contribution < 1.29 is 14.1 Å². The lowest BCUT2D eigenvalue weighted by atomic mass is 10.2. The van der Waals surface area contributed by atoms with Crippen molar-refractivity contribution in [2.24, 2.45) is 0 Å². The van der Waals surface area contributed by atoms with Gasteiger partial charge >= 0.3 is 0 Å². The van der Waals surface area contributed by atoms with Crippen LogP contribution in [0.15, 0.2) is 57.9 Å². The second kappa shape index (κ2) is 8.29. The third kappa shape index (κ3) is 4.39. The number of nitrogens with one attached hydrogen (secondary N) is 1. The molecule has 1 N–H and O–H groups in total. The Kier molecular flexibility index (Phi) is 5.85. The van der Waals surface area contributed by atoms with E-state index in [1.165, 1.54) is 11.8 Å². The van der Waals surface area contributed by atoms with Crippen LogP contribution in [0.25, 0.3) is 0 Å². The van der Waals surface area contributed by atoms with Crippen LogP contribution in [0.4, 0.5) is 5.69 Å². The molecule has 0 atom stereocenters. The van der Waals surface area contributed by atoms with Crippen molar-refractivity contribution in [3.8, 4) is 5.75 Å². The minimum atomic E-state index is -0.205. The summed E-state index contributed by atoms with van der Waals surface area (Å²) in [5.41, 5.74) is 2.02. The van der Waals surface area contributed by atoms with E-state index < -0.39 is 0 Å². The number of carbonyl (C=O) groups excluding carboxylic acids is 1. The van der Waals surface area contributed by atoms with Gasteiger partial charge in [-0.15, -0.1) is 11.8 Å². The van der Waals surface area contributed by atoms with E-state index in [-0.39, 0.29) is 5.91 Å². The number of aromatic nitrogens is 1. The molecule has 26 heavy (non-hydrogen) atoms. The average molecular weight is 389 g/mol. The van der Waals surface area contributed by atoms with Crippen LogP contribution in [0.3, 0.4) is 0 Å². The van der Waals surface area contributed by atoms with E-state index in [1.807, 2.05) is 31.2 Å². The summed E-state index contributed by atoms with van der Waals surface area (Å²) < 4.78 is 10.3. The normalized spacial score (nSPS) is 10.6.